The van der Waals surface area contributed by atoms with E-state index in [0.29, 0.717) is 6.54 Å². The standard InChI is InChI=1S/C16H20N2O2S/c1-13(17-2)12-18-21(19,20)16-10-6-9-15(11-16)14-7-4-3-5-8-14/h3-11,13,17-18H,12H2,1-2H3. The Labute approximate surface area is 126 Å². The van der Waals surface area contributed by atoms with Crippen molar-refractivity contribution < 1.29 is 8.42 Å². The van der Waals surface area contributed by atoms with Crippen LogP contribution < -0.4 is 10.0 Å². The minimum Gasteiger partial charge on any atom is -0.316 e. The topological polar surface area (TPSA) is 58.2 Å². The molecule has 0 spiro atoms. The highest BCUT2D eigenvalue weighted by molar-refractivity contribution is 7.89. The maximum Gasteiger partial charge on any atom is 0.240 e. The van der Waals surface area contributed by atoms with Gasteiger partial charge in [0.05, 0.1) is 4.90 Å². The van der Waals surface area contributed by atoms with Gasteiger partial charge in [-0.15, -0.1) is 0 Å². The third kappa shape index (κ3) is 4.14. The lowest BCUT2D eigenvalue weighted by molar-refractivity contribution is 0.554. The number of benzene rings is 2. The molecule has 112 valence electrons. The molecule has 5 heteroatoms. The molecule has 1 unspecified atom stereocenters. The Balaban J connectivity index is 2.25. The molecular weight excluding hydrogens is 284 g/mol. The van der Waals surface area contributed by atoms with Gasteiger partial charge in [-0.25, -0.2) is 13.1 Å². The van der Waals surface area contributed by atoms with Gasteiger partial charge in [0.2, 0.25) is 10.0 Å². The molecule has 1 atom stereocenters. The first-order chi connectivity index (χ1) is 10.0. The third-order valence-electron chi connectivity index (χ3n) is 3.32. The van der Waals surface area contributed by atoms with Crippen molar-refractivity contribution in [1.82, 2.24) is 10.0 Å². The summed E-state index contributed by atoms with van der Waals surface area (Å²) in [5, 5.41) is 3.00. The summed E-state index contributed by atoms with van der Waals surface area (Å²) in [6, 6.07) is 16.8. The van der Waals surface area contributed by atoms with Crippen molar-refractivity contribution in [2.24, 2.45) is 0 Å². The molecule has 2 N–H and O–H groups in total. The number of hydrogen-bond acceptors (Lipinski definition) is 3. The third-order valence-corrected chi connectivity index (χ3v) is 4.75. The molecular formula is C16H20N2O2S. The smallest absolute Gasteiger partial charge is 0.240 e. The second-order valence-electron chi connectivity index (χ2n) is 4.94. The average Bonchev–Trinajstić information content (AvgIpc) is 2.53. The second kappa shape index (κ2) is 6.85. The molecule has 2 rings (SSSR count). The lowest BCUT2D eigenvalue weighted by atomic mass is 10.1. The maximum absolute atomic E-state index is 12.3. The number of likely N-dealkylation sites (N-methyl/N-ethyl adjacent to an activating group) is 1. The van der Waals surface area contributed by atoms with Crippen molar-refractivity contribution in [3.8, 4) is 11.1 Å². The average molecular weight is 304 g/mol. The SMILES string of the molecule is CNC(C)CNS(=O)(=O)c1cccc(-c2ccccc2)c1. The Kier molecular flexibility index (Phi) is 5.12. The fourth-order valence-electron chi connectivity index (χ4n) is 1.89. The Hall–Kier alpha value is -1.69. The molecule has 0 bridgehead atoms. The van der Waals surface area contributed by atoms with Gasteiger partial charge in [0.1, 0.15) is 0 Å². The zero-order valence-electron chi connectivity index (χ0n) is 12.2. The predicted octanol–water partition coefficient (Wildman–Crippen LogP) is 2.24. The van der Waals surface area contributed by atoms with Gasteiger partial charge in [0.25, 0.3) is 0 Å². The van der Waals surface area contributed by atoms with Crippen molar-refractivity contribution in [3.05, 3.63) is 54.6 Å². The van der Waals surface area contributed by atoms with E-state index >= 15 is 0 Å². The van der Waals surface area contributed by atoms with Crippen molar-refractivity contribution in [2.45, 2.75) is 17.9 Å². The van der Waals surface area contributed by atoms with E-state index in [1.807, 2.05) is 43.3 Å². The number of sulfonamides is 1. The Morgan fingerprint density at radius 2 is 1.67 bits per heavy atom. The van der Waals surface area contributed by atoms with Crippen molar-refractivity contribution in [3.63, 3.8) is 0 Å². The highest BCUT2D eigenvalue weighted by Gasteiger charge is 2.15. The molecule has 2 aromatic rings. The second-order valence-corrected chi connectivity index (χ2v) is 6.70. The van der Waals surface area contributed by atoms with Gasteiger partial charge >= 0.3 is 0 Å². The van der Waals surface area contributed by atoms with Crippen LogP contribution in [-0.2, 0) is 10.0 Å². The molecule has 0 saturated carbocycles. The first-order valence-corrected chi connectivity index (χ1v) is 8.33. The van der Waals surface area contributed by atoms with Gasteiger partial charge in [0.15, 0.2) is 0 Å². The molecule has 0 amide bonds. The van der Waals surface area contributed by atoms with Crippen molar-refractivity contribution in [2.75, 3.05) is 13.6 Å². The summed E-state index contributed by atoms with van der Waals surface area (Å²) in [4.78, 5) is 0.284. The molecule has 2 aromatic carbocycles. The van der Waals surface area contributed by atoms with Gasteiger partial charge in [-0.3, -0.25) is 0 Å². The van der Waals surface area contributed by atoms with E-state index in [0.717, 1.165) is 11.1 Å². The van der Waals surface area contributed by atoms with Crippen LogP contribution in [-0.4, -0.2) is 28.1 Å². The number of rotatable bonds is 6. The zero-order valence-corrected chi connectivity index (χ0v) is 13.0. The highest BCUT2D eigenvalue weighted by Crippen LogP contribution is 2.22. The minimum atomic E-state index is -3.49. The minimum absolute atomic E-state index is 0.0806. The maximum atomic E-state index is 12.3. The van der Waals surface area contributed by atoms with E-state index in [2.05, 4.69) is 10.0 Å². The summed E-state index contributed by atoms with van der Waals surface area (Å²) in [5.74, 6) is 0. The van der Waals surface area contributed by atoms with E-state index in [1.54, 1.807) is 25.2 Å². The lowest BCUT2D eigenvalue weighted by Crippen LogP contribution is -2.37. The quantitative estimate of drug-likeness (QED) is 0.860. The number of hydrogen-bond donors (Lipinski definition) is 2. The molecule has 0 aliphatic rings. The van der Waals surface area contributed by atoms with Crippen LogP contribution in [0.2, 0.25) is 0 Å². The summed E-state index contributed by atoms with van der Waals surface area (Å²) in [6.07, 6.45) is 0. The fraction of sp³-hybridized carbons (Fsp3) is 0.250. The van der Waals surface area contributed by atoms with Crippen molar-refractivity contribution >= 4 is 10.0 Å². The normalized spacial score (nSPS) is 13.0. The van der Waals surface area contributed by atoms with Crippen LogP contribution in [0.4, 0.5) is 0 Å². The molecule has 0 heterocycles. The molecule has 0 saturated heterocycles. The van der Waals surface area contributed by atoms with E-state index in [-0.39, 0.29) is 10.9 Å². The van der Waals surface area contributed by atoms with Crippen LogP contribution in [0.15, 0.2) is 59.5 Å². The highest BCUT2D eigenvalue weighted by atomic mass is 32.2. The fourth-order valence-corrected chi connectivity index (χ4v) is 3.07. The van der Waals surface area contributed by atoms with Crippen LogP contribution >= 0.6 is 0 Å². The molecule has 0 fully saturated rings. The largest absolute Gasteiger partial charge is 0.316 e. The predicted molar refractivity (Wildman–Crippen MR) is 85.6 cm³/mol. The first-order valence-electron chi connectivity index (χ1n) is 6.85. The van der Waals surface area contributed by atoms with Gasteiger partial charge in [-0.2, -0.15) is 0 Å². The lowest BCUT2D eigenvalue weighted by Gasteiger charge is -2.12. The Morgan fingerprint density at radius 3 is 2.33 bits per heavy atom. The van der Waals surface area contributed by atoms with Gasteiger partial charge in [0, 0.05) is 12.6 Å². The van der Waals surface area contributed by atoms with Crippen molar-refractivity contribution in [1.29, 1.82) is 0 Å². The van der Waals surface area contributed by atoms with Crippen LogP contribution in [0.5, 0.6) is 0 Å². The Morgan fingerprint density at radius 1 is 1.00 bits per heavy atom. The van der Waals surface area contributed by atoms with E-state index in [4.69, 9.17) is 0 Å². The Bertz CT molecular complexity index is 684. The van der Waals surface area contributed by atoms with Crippen LogP contribution in [0.1, 0.15) is 6.92 Å². The van der Waals surface area contributed by atoms with Crippen LogP contribution in [0.25, 0.3) is 11.1 Å². The summed E-state index contributed by atoms with van der Waals surface area (Å²) in [7, 11) is -1.69. The van der Waals surface area contributed by atoms with E-state index in [9.17, 15) is 8.42 Å². The number of nitrogens with one attached hydrogen (secondary N) is 2. The molecule has 4 nitrogen and oxygen atoms in total. The van der Waals surface area contributed by atoms with Crippen LogP contribution in [0.3, 0.4) is 0 Å². The molecule has 0 aliphatic carbocycles. The van der Waals surface area contributed by atoms with Crippen LogP contribution in [0, 0.1) is 0 Å². The summed E-state index contributed by atoms with van der Waals surface area (Å²) >= 11 is 0. The van der Waals surface area contributed by atoms with E-state index in [1.165, 1.54) is 0 Å². The van der Waals surface area contributed by atoms with Gasteiger partial charge in [-0.1, -0.05) is 42.5 Å². The van der Waals surface area contributed by atoms with Gasteiger partial charge in [-0.05, 0) is 37.2 Å². The zero-order chi connectivity index (χ0) is 15.3. The molecule has 21 heavy (non-hydrogen) atoms. The monoisotopic (exact) mass is 304 g/mol. The van der Waals surface area contributed by atoms with E-state index < -0.39 is 10.0 Å². The molecule has 0 aliphatic heterocycles. The molecule has 0 aromatic heterocycles. The summed E-state index contributed by atoms with van der Waals surface area (Å²) in [6.45, 7) is 2.28. The first kappa shape index (κ1) is 15.7. The summed E-state index contributed by atoms with van der Waals surface area (Å²) in [5.41, 5.74) is 1.89. The molecule has 0 radical (unpaired) electrons. The summed E-state index contributed by atoms with van der Waals surface area (Å²) < 4.78 is 27.2. The van der Waals surface area contributed by atoms with Gasteiger partial charge < -0.3 is 5.32 Å².